The predicted molar refractivity (Wildman–Crippen MR) is 90.8 cm³/mol. The molecule has 8 heteroatoms. The second kappa shape index (κ2) is 7.93. The molecule has 1 N–H and O–H groups in total. The zero-order valence-corrected chi connectivity index (χ0v) is 14.5. The molecule has 0 bridgehead atoms. The molecule has 0 aromatic carbocycles. The van der Waals surface area contributed by atoms with E-state index >= 15 is 0 Å². The molecule has 2 fully saturated rings. The number of carbonyl (C=O) groups excluding carboxylic acids is 1. The summed E-state index contributed by atoms with van der Waals surface area (Å²) in [5.41, 5.74) is 1.64. The molecule has 0 unspecified atom stereocenters. The van der Waals surface area contributed by atoms with Crippen LogP contribution in [0.25, 0.3) is 0 Å². The minimum absolute atomic E-state index is 0.216. The molecule has 25 heavy (non-hydrogen) atoms. The highest BCUT2D eigenvalue weighted by atomic mass is 19.3. The summed E-state index contributed by atoms with van der Waals surface area (Å²) in [4.78, 5) is 25.0. The van der Waals surface area contributed by atoms with Crippen LogP contribution in [-0.2, 0) is 6.54 Å². The van der Waals surface area contributed by atoms with Crippen LogP contribution in [0.1, 0.15) is 37.1 Å². The van der Waals surface area contributed by atoms with Crippen LogP contribution >= 0.6 is 0 Å². The number of likely N-dealkylation sites (tertiary alicyclic amines) is 1. The van der Waals surface area contributed by atoms with Crippen LogP contribution in [0.4, 0.5) is 19.5 Å². The van der Waals surface area contributed by atoms with Crippen molar-refractivity contribution in [2.45, 2.75) is 45.6 Å². The summed E-state index contributed by atoms with van der Waals surface area (Å²) >= 11 is 0. The standard InChI is InChI=1S/C17H25F2N5O/c1-12-10-14(22-16(21-12)23-6-2-3-7-23)11-20-17(25)24-8-4-13(5-9-24)15(18)19/h10,13,15H,2-9,11H2,1H3,(H,20,25). The molecule has 2 aliphatic heterocycles. The van der Waals surface area contributed by atoms with E-state index in [0.717, 1.165) is 43.3 Å². The first-order valence-electron chi connectivity index (χ1n) is 8.93. The van der Waals surface area contributed by atoms with Gasteiger partial charge >= 0.3 is 6.03 Å². The molecule has 0 atom stereocenters. The first-order valence-corrected chi connectivity index (χ1v) is 8.93. The van der Waals surface area contributed by atoms with Gasteiger partial charge in [0.05, 0.1) is 12.2 Å². The number of hydrogen-bond donors (Lipinski definition) is 1. The van der Waals surface area contributed by atoms with Gasteiger partial charge in [-0.2, -0.15) is 0 Å². The Labute approximate surface area is 146 Å². The molecule has 2 saturated heterocycles. The third kappa shape index (κ3) is 4.55. The van der Waals surface area contributed by atoms with E-state index in [2.05, 4.69) is 20.2 Å². The van der Waals surface area contributed by atoms with E-state index in [4.69, 9.17) is 0 Å². The minimum Gasteiger partial charge on any atom is -0.341 e. The van der Waals surface area contributed by atoms with Crippen LogP contribution in [0.15, 0.2) is 6.07 Å². The summed E-state index contributed by atoms with van der Waals surface area (Å²) in [6.07, 6.45) is 0.724. The highest BCUT2D eigenvalue weighted by molar-refractivity contribution is 5.74. The summed E-state index contributed by atoms with van der Waals surface area (Å²) in [6.45, 7) is 4.92. The Morgan fingerprint density at radius 2 is 1.92 bits per heavy atom. The first kappa shape index (κ1) is 17.8. The molecule has 3 rings (SSSR count). The fraction of sp³-hybridized carbons (Fsp3) is 0.706. The van der Waals surface area contributed by atoms with Gasteiger partial charge in [0.15, 0.2) is 0 Å². The fourth-order valence-corrected chi connectivity index (χ4v) is 3.40. The summed E-state index contributed by atoms with van der Waals surface area (Å²) in [5.74, 6) is 0.135. The van der Waals surface area contributed by atoms with E-state index in [1.807, 2.05) is 13.0 Å². The van der Waals surface area contributed by atoms with Crippen LogP contribution in [0.2, 0.25) is 0 Å². The number of piperidine rings is 1. The molecule has 0 radical (unpaired) electrons. The zero-order chi connectivity index (χ0) is 17.8. The fourth-order valence-electron chi connectivity index (χ4n) is 3.40. The predicted octanol–water partition coefficient (Wildman–Crippen LogP) is 2.57. The number of hydrogen-bond acceptors (Lipinski definition) is 4. The summed E-state index contributed by atoms with van der Waals surface area (Å²) in [7, 11) is 0. The Morgan fingerprint density at radius 3 is 2.56 bits per heavy atom. The molecule has 3 heterocycles. The number of aryl methyl sites for hydroxylation is 1. The second-order valence-electron chi connectivity index (χ2n) is 6.81. The number of anilines is 1. The average molecular weight is 353 g/mol. The van der Waals surface area contributed by atoms with Crippen molar-refractivity contribution in [3.8, 4) is 0 Å². The molecule has 2 amide bonds. The Kier molecular flexibility index (Phi) is 5.65. The lowest BCUT2D eigenvalue weighted by atomic mass is 9.98. The van der Waals surface area contributed by atoms with Gasteiger partial charge in [0.2, 0.25) is 12.4 Å². The van der Waals surface area contributed by atoms with Crippen molar-refractivity contribution in [3.05, 3.63) is 17.5 Å². The largest absolute Gasteiger partial charge is 0.341 e. The number of urea groups is 1. The molecule has 0 aliphatic carbocycles. The Balaban J connectivity index is 1.53. The Morgan fingerprint density at radius 1 is 1.24 bits per heavy atom. The first-order chi connectivity index (χ1) is 12.0. The third-order valence-electron chi connectivity index (χ3n) is 4.89. The van der Waals surface area contributed by atoms with Crippen molar-refractivity contribution in [3.63, 3.8) is 0 Å². The van der Waals surface area contributed by atoms with Crippen LogP contribution in [0, 0.1) is 12.8 Å². The molecular weight excluding hydrogens is 328 g/mol. The molecule has 0 saturated carbocycles. The molecule has 1 aromatic rings. The lowest BCUT2D eigenvalue weighted by Gasteiger charge is -2.31. The van der Waals surface area contributed by atoms with Gasteiger partial charge < -0.3 is 15.1 Å². The van der Waals surface area contributed by atoms with E-state index in [1.54, 1.807) is 4.90 Å². The maximum atomic E-state index is 12.7. The monoisotopic (exact) mass is 353 g/mol. The van der Waals surface area contributed by atoms with E-state index in [0.29, 0.717) is 32.5 Å². The topological polar surface area (TPSA) is 61.4 Å². The maximum absolute atomic E-state index is 12.7. The highest BCUT2D eigenvalue weighted by Crippen LogP contribution is 2.23. The average Bonchev–Trinajstić information content (AvgIpc) is 3.14. The zero-order valence-electron chi connectivity index (χ0n) is 14.5. The van der Waals surface area contributed by atoms with Crippen molar-refractivity contribution in [2.75, 3.05) is 31.1 Å². The maximum Gasteiger partial charge on any atom is 0.317 e. The van der Waals surface area contributed by atoms with E-state index in [-0.39, 0.29) is 6.03 Å². The summed E-state index contributed by atoms with van der Waals surface area (Å²) in [6, 6.07) is 1.65. The van der Waals surface area contributed by atoms with E-state index < -0.39 is 12.3 Å². The van der Waals surface area contributed by atoms with E-state index in [9.17, 15) is 13.6 Å². The van der Waals surface area contributed by atoms with Gasteiger partial charge in [0.25, 0.3) is 0 Å². The Hall–Kier alpha value is -1.99. The summed E-state index contributed by atoms with van der Waals surface area (Å²) in [5, 5.41) is 2.85. The SMILES string of the molecule is Cc1cc(CNC(=O)N2CCC(C(F)F)CC2)nc(N2CCCC2)n1. The molecule has 2 aliphatic rings. The van der Waals surface area contributed by atoms with Crippen molar-refractivity contribution in [2.24, 2.45) is 5.92 Å². The van der Waals surface area contributed by atoms with Gasteiger partial charge in [-0.1, -0.05) is 0 Å². The Bertz CT molecular complexity index is 599. The number of carbonyl (C=O) groups is 1. The number of alkyl halides is 2. The molecule has 0 spiro atoms. The highest BCUT2D eigenvalue weighted by Gasteiger charge is 2.28. The van der Waals surface area contributed by atoms with Crippen LogP contribution in [0.5, 0.6) is 0 Å². The number of nitrogens with one attached hydrogen (secondary N) is 1. The van der Waals surface area contributed by atoms with Gasteiger partial charge in [0.1, 0.15) is 0 Å². The molecule has 1 aromatic heterocycles. The quantitative estimate of drug-likeness (QED) is 0.904. The molecular formula is C17H25F2N5O. The normalized spacial score (nSPS) is 18.9. The van der Waals surface area contributed by atoms with Crippen LogP contribution in [0.3, 0.4) is 0 Å². The van der Waals surface area contributed by atoms with Crippen molar-refractivity contribution >= 4 is 12.0 Å². The van der Waals surface area contributed by atoms with Gasteiger partial charge in [0, 0.05) is 37.8 Å². The van der Waals surface area contributed by atoms with Crippen molar-refractivity contribution in [1.29, 1.82) is 0 Å². The van der Waals surface area contributed by atoms with Crippen LogP contribution in [-0.4, -0.2) is 53.5 Å². The van der Waals surface area contributed by atoms with E-state index in [1.165, 1.54) is 0 Å². The minimum atomic E-state index is -2.29. The number of amides is 2. The number of rotatable bonds is 4. The molecule has 6 nitrogen and oxygen atoms in total. The number of halogens is 2. The van der Waals surface area contributed by atoms with Crippen LogP contribution < -0.4 is 10.2 Å². The molecule has 138 valence electrons. The smallest absolute Gasteiger partial charge is 0.317 e. The number of aromatic nitrogens is 2. The van der Waals surface area contributed by atoms with Crippen molar-refractivity contribution in [1.82, 2.24) is 20.2 Å². The second-order valence-corrected chi connectivity index (χ2v) is 6.81. The van der Waals surface area contributed by atoms with Crippen molar-refractivity contribution < 1.29 is 13.6 Å². The number of nitrogens with zero attached hydrogens (tertiary/aromatic N) is 4. The summed E-state index contributed by atoms with van der Waals surface area (Å²) < 4.78 is 25.4. The van der Waals surface area contributed by atoms with Gasteiger partial charge in [-0.15, -0.1) is 0 Å². The van der Waals surface area contributed by atoms with Gasteiger partial charge in [-0.05, 0) is 38.7 Å². The lowest BCUT2D eigenvalue weighted by molar-refractivity contribution is 0.0420. The van der Waals surface area contributed by atoms with Gasteiger partial charge in [-0.3, -0.25) is 0 Å². The third-order valence-corrected chi connectivity index (χ3v) is 4.89. The lowest BCUT2D eigenvalue weighted by Crippen LogP contribution is -2.45. The van der Waals surface area contributed by atoms with Gasteiger partial charge in [-0.25, -0.2) is 23.5 Å².